The van der Waals surface area contributed by atoms with Gasteiger partial charge in [0.25, 0.3) is 15.9 Å². The van der Waals surface area contributed by atoms with Crippen molar-refractivity contribution in [2.24, 2.45) is 0 Å². The van der Waals surface area contributed by atoms with E-state index < -0.39 is 10.0 Å². The lowest BCUT2D eigenvalue weighted by molar-refractivity contribution is 0.0383. The molecule has 1 fully saturated rings. The molecule has 0 radical (unpaired) electrons. The van der Waals surface area contributed by atoms with Crippen LogP contribution in [0.3, 0.4) is 0 Å². The van der Waals surface area contributed by atoms with Crippen LogP contribution < -0.4 is 10.0 Å². The molecule has 9 heteroatoms. The molecule has 0 aromatic heterocycles. The highest BCUT2D eigenvalue weighted by Gasteiger charge is 2.18. The highest BCUT2D eigenvalue weighted by Crippen LogP contribution is 2.20. The van der Waals surface area contributed by atoms with E-state index in [2.05, 4.69) is 14.9 Å². The smallest absolute Gasteiger partial charge is 0.261 e. The minimum atomic E-state index is -3.76. The van der Waals surface area contributed by atoms with Gasteiger partial charge in [-0.1, -0.05) is 30.3 Å². The van der Waals surface area contributed by atoms with E-state index in [0.717, 1.165) is 19.6 Å². The molecular weight excluding hydrogens is 402 g/mol. The van der Waals surface area contributed by atoms with Crippen LogP contribution in [-0.4, -0.2) is 58.6 Å². The zero-order chi connectivity index (χ0) is 19.1. The molecule has 0 bridgehead atoms. The molecule has 0 spiro atoms. The van der Waals surface area contributed by atoms with Crippen molar-refractivity contribution in [2.75, 3.05) is 44.1 Å². The lowest BCUT2D eigenvalue weighted by Gasteiger charge is -2.26. The maximum atomic E-state index is 12.5. The summed E-state index contributed by atoms with van der Waals surface area (Å²) in [4.78, 5) is 14.9. The van der Waals surface area contributed by atoms with Gasteiger partial charge in [-0.2, -0.15) is 0 Å². The molecule has 1 aliphatic heterocycles. The van der Waals surface area contributed by atoms with Gasteiger partial charge in [0.05, 0.1) is 29.4 Å². The van der Waals surface area contributed by atoms with E-state index in [1.807, 2.05) is 0 Å². The van der Waals surface area contributed by atoms with Crippen molar-refractivity contribution in [1.29, 1.82) is 0 Å². The Labute approximate surface area is 171 Å². The second-order valence-electron chi connectivity index (χ2n) is 6.17. The number of carbonyl (C=O) groups excluding carboxylic acids is 1. The molecule has 0 unspecified atom stereocenters. The summed E-state index contributed by atoms with van der Waals surface area (Å²) in [6.07, 6.45) is 0. The molecule has 2 N–H and O–H groups in total. The van der Waals surface area contributed by atoms with Crippen LogP contribution in [-0.2, 0) is 14.8 Å². The number of amides is 1. The van der Waals surface area contributed by atoms with Gasteiger partial charge in [0, 0.05) is 26.2 Å². The number of anilines is 1. The Morgan fingerprint density at radius 1 is 1.00 bits per heavy atom. The van der Waals surface area contributed by atoms with E-state index in [-0.39, 0.29) is 28.9 Å². The lowest BCUT2D eigenvalue weighted by Crippen LogP contribution is -2.41. The molecule has 7 nitrogen and oxygen atoms in total. The SMILES string of the molecule is Cl.O=C(NCCN1CCOCC1)c1ccccc1NS(=O)(=O)c1ccccc1. The standard InChI is InChI=1S/C19H23N3O4S.ClH/c23-19(20-10-11-22-12-14-26-15-13-22)17-8-4-5-9-18(17)21-27(24,25)16-6-2-1-3-7-16;/h1-9,21H,10-15H2,(H,20,23);1H. The van der Waals surface area contributed by atoms with Crippen molar-refractivity contribution in [2.45, 2.75) is 4.90 Å². The Kier molecular flexibility index (Phi) is 8.25. The zero-order valence-corrected chi connectivity index (χ0v) is 17.0. The second-order valence-corrected chi connectivity index (χ2v) is 7.86. The first kappa shape index (κ1) is 22.2. The number of ether oxygens (including phenoxy) is 1. The highest BCUT2D eigenvalue weighted by molar-refractivity contribution is 7.92. The van der Waals surface area contributed by atoms with Gasteiger partial charge in [-0.05, 0) is 24.3 Å². The molecule has 3 rings (SSSR count). The quantitative estimate of drug-likeness (QED) is 0.708. The minimum absolute atomic E-state index is 0. The lowest BCUT2D eigenvalue weighted by atomic mass is 10.1. The number of halogens is 1. The summed E-state index contributed by atoms with van der Waals surface area (Å²) < 4.78 is 32.9. The van der Waals surface area contributed by atoms with E-state index in [1.54, 1.807) is 42.5 Å². The maximum absolute atomic E-state index is 12.5. The first-order valence-corrected chi connectivity index (χ1v) is 10.3. The van der Waals surface area contributed by atoms with Gasteiger partial charge in [-0.25, -0.2) is 8.42 Å². The number of rotatable bonds is 7. The average molecular weight is 426 g/mol. The molecular formula is C19H24ClN3O4S. The molecule has 1 saturated heterocycles. The number of benzene rings is 2. The number of hydrogen-bond acceptors (Lipinski definition) is 5. The van der Waals surface area contributed by atoms with Gasteiger partial charge in [0.1, 0.15) is 0 Å². The summed E-state index contributed by atoms with van der Waals surface area (Å²) in [6, 6.07) is 14.6. The molecule has 1 heterocycles. The summed E-state index contributed by atoms with van der Waals surface area (Å²) in [6.45, 7) is 4.33. The van der Waals surface area contributed by atoms with Crippen molar-refractivity contribution in [3.63, 3.8) is 0 Å². The van der Waals surface area contributed by atoms with Crippen LogP contribution in [0.15, 0.2) is 59.5 Å². The molecule has 1 aliphatic rings. The number of nitrogens with zero attached hydrogens (tertiary/aromatic N) is 1. The van der Waals surface area contributed by atoms with E-state index in [9.17, 15) is 13.2 Å². The Morgan fingerprint density at radius 3 is 2.36 bits per heavy atom. The van der Waals surface area contributed by atoms with Crippen molar-refractivity contribution in [1.82, 2.24) is 10.2 Å². The summed E-state index contributed by atoms with van der Waals surface area (Å²) in [5.41, 5.74) is 0.546. The third-order valence-electron chi connectivity index (χ3n) is 4.29. The Hall–Kier alpha value is -2.13. The monoisotopic (exact) mass is 425 g/mol. The third kappa shape index (κ3) is 5.93. The van der Waals surface area contributed by atoms with Crippen LogP contribution >= 0.6 is 12.4 Å². The minimum Gasteiger partial charge on any atom is -0.379 e. The third-order valence-corrected chi connectivity index (χ3v) is 5.67. The van der Waals surface area contributed by atoms with E-state index in [4.69, 9.17) is 4.74 Å². The van der Waals surface area contributed by atoms with Crippen LogP contribution in [0.5, 0.6) is 0 Å². The zero-order valence-electron chi connectivity index (χ0n) is 15.3. The van der Waals surface area contributed by atoms with Crippen molar-refractivity contribution < 1.29 is 17.9 Å². The van der Waals surface area contributed by atoms with Crippen LogP contribution in [0.2, 0.25) is 0 Å². The Balaban J connectivity index is 0.00000280. The topological polar surface area (TPSA) is 87.7 Å². The second kappa shape index (κ2) is 10.4. The molecule has 0 saturated carbocycles. The average Bonchev–Trinajstić information content (AvgIpc) is 2.69. The van der Waals surface area contributed by atoms with Gasteiger partial charge in [-0.3, -0.25) is 14.4 Å². The number of nitrogens with one attached hydrogen (secondary N) is 2. The fourth-order valence-electron chi connectivity index (χ4n) is 2.82. The summed E-state index contributed by atoms with van der Waals surface area (Å²) in [5.74, 6) is -0.311. The number of sulfonamides is 1. The molecule has 152 valence electrons. The molecule has 1 amide bonds. The normalized spacial score (nSPS) is 14.7. The van der Waals surface area contributed by atoms with Gasteiger partial charge >= 0.3 is 0 Å². The Bertz CT molecular complexity index is 872. The first-order chi connectivity index (χ1) is 13.1. The molecule has 2 aromatic carbocycles. The van der Waals surface area contributed by atoms with E-state index in [1.165, 1.54) is 12.1 Å². The fourth-order valence-corrected chi connectivity index (χ4v) is 3.92. The number of morpholine rings is 1. The number of hydrogen-bond donors (Lipinski definition) is 2. The van der Waals surface area contributed by atoms with Gasteiger partial charge < -0.3 is 10.1 Å². The molecule has 28 heavy (non-hydrogen) atoms. The van der Waals surface area contributed by atoms with Crippen molar-refractivity contribution in [3.8, 4) is 0 Å². The van der Waals surface area contributed by atoms with Crippen LogP contribution in [0, 0.1) is 0 Å². The first-order valence-electron chi connectivity index (χ1n) is 8.81. The predicted octanol–water partition coefficient (Wildman–Crippen LogP) is 1.97. The Morgan fingerprint density at radius 2 is 1.64 bits per heavy atom. The van der Waals surface area contributed by atoms with Gasteiger partial charge in [0.2, 0.25) is 0 Å². The maximum Gasteiger partial charge on any atom is 0.261 e. The number of para-hydroxylation sites is 1. The van der Waals surface area contributed by atoms with Gasteiger partial charge in [0.15, 0.2) is 0 Å². The number of carbonyl (C=O) groups is 1. The van der Waals surface area contributed by atoms with Gasteiger partial charge in [-0.15, -0.1) is 12.4 Å². The van der Waals surface area contributed by atoms with E-state index in [0.29, 0.717) is 25.3 Å². The molecule has 0 aliphatic carbocycles. The van der Waals surface area contributed by atoms with Crippen LogP contribution in [0.4, 0.5) is 5.69 Å². The summed E-state index contributed by atoms with van der Waals surface area (Å²) in [5, 5.41) is 2.86. The summed E-state index contributed by atoms with van der Waals surface area (Å²) in [7, 11) is -3.76. The van der Waals surface area contributed by atoms with E-state index >= 15 is 0 Å². The molecule has 2 aromatic rings. The van der Waals surface area contributed by atoms with Crippen LogP contribution in [0.1, 0.15) is 10.4 Å². The fraction of sp³-hybridized carbons (Fsp3) is 0.316. The largest absolute Gasteiger partial charge is 0.379 e. The summed E-state index contributed by atoms with van der Waals surface area (Å²) >= 11 is 0. The van der Waals surface area contributed by atoms with Crippen molar-refractivity contribution in [3.05, 3.63) is 60.2 Å². The van der Waals surface area contributed by atoms with Crippen LogP contribution in [0.25, 0.3) is 0 Å². The highest BCUT2D eigenvalue weighted by atomic mass is 35.5. The van der Waals surface area contributed by atoms with Crippen molar-refractivity contribution >= 4 is 34.0 Å². The predicted molar refractivity (Wildman–Crippen MR) is 111 cm³/mol. The molecule has 0 atom stereocenters.